The van der Waals surface area contributed by atoms with Gasteiger partial charge >= 0.3 is 16.3 Å². The molecule has 11 heteroatoms. The molecule has 1 amide bonds. The molecule has 1 saturated carbocycles. The smallest absolute Gasteiger partial charge is 0.379 e. The molecule has 0 heterocycles. The number of methoxy groups -OCH3 is 1. The number of benzene rings is 2. The Bertz CT molecular complexity index is 1150. The molecular formula is C24H29F3N2O5S. The molecule has 0 aromatic heterocycles. The third-order valence-electron chi connectivity index (χ3n) is 5.75. The van der Waals surface area contributed by atoms with Gasteiger partial charge in [0.15, 0.2) is 0 Å². The zero-order chi connectivity index (χ0) is 25.8. The topological polar surface area (TPSA) is 76.2 Å². The Kier molecular flexibility index (Phi) is 8.32. The van der Waals surface area contributed by atoms with Crippen molar-refractivity contribution < 1.29 is 35.3 Å². The molecule has 1 aliphatic rings. The van der Waals surface area contributed by atoms with E-state index in [0.29, 0.717) is 30.4 Å². The molecule has 2 aromatic carbocycles. The van der Waals surface area contributed by atoms with Gasteiger partial charge in [-0.15, -0.1) is 0 Å². The largest absolute Gasteiger partial charge is 0.416 e. The summed E-state index contributed by atoms with van der Waals surface area (Å²) in [6.45, 7) is 5.14. The third-order valence-corrected chi connectivity index (χ3v) is 6.98. The van der Waals surface area contributed by atoms with Crippen LogP contribution in [0.4, 0.5) is 18.9 Å². The number of rotatable bonds is 11. The molecule has 0 bridgehead atoms. The van der Waals surface area contributed by atoms with Crippen LogP contribution in [0.1, 0.15) is 37.8 Å². The molecule has 1 fully saturated rings. The van der Waals surface area contributed by atoms with Gasteiger partial charge in [0.05, 0.1) is 5.56 Å². The minimum absolute atomic E-state index is 0.0213. The van der Waals surface area contributed by atoms with Crippen molar-refractivity contribution in [2.45, 2.75) is 50.3 Å². The first kappa shape index (κ1) is 26.8. The number of nitrogens with zero attached hydrogens (tertiary/aromatic N) is 2. The van der Waals surface area contributed by atoms with E-state index in [0.717, 1.165) is 31.0 Å². The van der Waals surface area contributed by atoms with Crippen molar-refractivity contribution in [3.63, 3.8) is 0 Å². The van der Waals surface area contributed by atoms with Gasteiger partial charge in [0, 0.05) is 50.1 Å². The summed E-state index contributed by atoms with van der Waals surface area (Å²) < 4.78 is 75.8. The SMILES string of the molecule is CCN(CC)c1ccc(CN(C(=O)COC)C2CC2)c(OS(=O)(=O)c2cccc(C(F)(F)F)c2)c1. The molecule has 35 heavy (non-hydrogen) atoms. The van der Waals surface area contributed by atoms with Crippen molar-refractivity contribution in [1.29, 1.82) is 0 Å². The summed E-state index contributed by atoms with van der Waals surface area (Å²) in [5.74, 6) is -0.280. The number of anilines is 1. The summed E-state index contributed by atoms with van der Waals surface area (Å²) in [6.07, 6.45) is -3.05. The van der Waals surface area contributed by atoms with Gasteiger partial charge in [-0.1, -0.05) is 12.1 Å². The fraction of sp³-hybridized carbons (Fsp3) is 0.458. The summed E-state index contributed by atoms with van der Waals surface area (Å²) >= 11 is 0. The maximum Gasteiger partial charge on any atom is 0.416 e. The Morgan fingerprint density at radius 2 is 1.77 bits per heavy atom. The minimum Gasteiger partial charge on any atom is -0.379 e. The van der Waals surface area contributed by atoms with Gasteiger partial charge in [-0.05, 0) is 51.0 Å². The predicted octanol–water partition coefficient (Wildman–Crippen LogP) is 4.46. The van der Waals surface area contributed by atoms with E-state index in [1.807, 2.05) is 18.7 Å². The van der Waals surface area contributed by atoms with Gasteiger partial charge in [0.2, 0.25) is 5.91 Å². The number of carbonyl (C=O) groups is 1. The Labute approximate surface area is 203 Å². The monoisotopic (exact) mass is 514 g/mol. The molecular weight excluding hydrogens is 485 g/mol. The van der Waals surface area contributed by atoms with Crippen LogP contribution in [0.2, 0.25) is 0 Å². The van der Waals surface area contributed by atoms with Gasteiger partial charge < -0.3 is 18.7 Å². The highest BCUT2D eigenvalue weighted by molar-refractivity contribution is 7.87. The van der Waals surface area contributed by atoms with E-state index in [1.54, 1.807) is 23.1 Å². The quantitative estimate of drug-likeness (QED) is 0.413. The zero-order valence-electron chi connectivity index (χ0n) is 19.8. The van der Waals surface area contributed by atoms with E-state index in [-0.39, 0.29) is 30.9 Å². The number of alkyl halides is 3. The normalized spacial score (nSPS) is 14.0. The Morgan fingerprint density at radius 1 is 1.09 bits per heavy atom. The summed E-state index contributed by atoms with van der Waals surface area (Å²) in [6, 6.07) is 8.45. The van der Waals surface area contributed by atoms with Crippen molar-refractivity contribution in [1.82, 2.24) is 4.90 Å². The molecule has 1 aliphatic carbocycles. The van der Waals surface area contributed by atoms with E-state index < -0.39 is 26.8 Å². The van der Waals surface area contributed by atoms with Crippen LogP contribution in [0.3, 0.4) is 0 Å². The predicted molar refractivity (Wildman–Crippen MR) is 125 cm³/mol. The van der Waals surface area contributed by atoms with E-state index in [1.165, 1.54) is 7.11 Å². The van der Waals surface area contributed by atoms with Gasteiger partial charge in [0.1, 0.15) is 17.3 Å². The lowest BCUT2D eigenvalue weighted by Gasteiger charge is -2.26. The van der Waals surface area contributed by atoms with Crippen LogP contribution in [-0.2, 0) is 32.4 Å². The highest BCUT2D eigenvalue weighted by atomic mass is 32.2. The van der Waals surface area contributed by atoms with E-state index in [4.69, 9.17) is 8.92 Å². The average molecular weight is 515 g/mol. The second kappa shape index (κ2) is 10.9. The molecule has 7 nitrogen and oxygen atoms in total. The Balaban J connectivity index is 2.00. The van der Waals surface area contributed by atoms with Gasteiger partial charge in [0.25, 0.3) is 0 Å². The third kappa shape index (κ3) is 6.66. The Hall–Kier alpha value is -2.79. The summed E-state index contributed by atoms with van der Waals surface area (Å²) in [7, 11) is -3.18. The lowest BCUT2D eigenvalue weighted by Crippen LogP contribution is -2.35. The Morgan fingerprint density at radius 3 is 2.34 bits per heavy atom. The zero-order valence-corrected chi connectivity index (χ0v) is 20.7. The average Bonchev–Trinajstić information content (AvgIpc) is 3.64. The van der Waals surface area contributed by atoms with E-state index in [2.05, 4.69) is 0 Å². The number of hydrogen-bond acceptors (Lipinski definition) is 6. The van der Waals surface area contributed by atoms with Crippen LogP contribution in [0.25, 0.3) is 0 Å². The molecule has 0 N–H and O–H groups in total. The molecule has 2 aromatic rings. The van der Waals surface area contributed by atoms with Crippen molar-refractivity contribution in [3.8, 4) is 5.75 Å². The maximum absolute atomic E-state index is 13.1. The first-order valence-electron chi connectivity index (χ1n) is 11.3. The molecule has 0 aliphatic heterocycles. The minimum atomic E-state index is -4.70. The van der Waals surface area contributed by atoms with Crippen molar-refractivity contribution in [3.05, 3.63) is 53.6 Å². The second-order valence-electron chi connectivity index (χ2n) is 8.21. The van der Waals surface area contributed by atoms with Gasteiger partial charge in [-0.25, -0.2) is 0 Å². The number of ether oxygens (including phenoxy) is 1. The van der Waals surface area contributed by atoms with Crippen LogP contribution in [0, 0.1) is 0 Å². The molecule has 0 unspecified atom stereocenters. The highest BCUT2D eigenvalue weighted by Gasteiger charge is 2.34. The number of halogens is 3. The molecule has 3 rings (SSSR count). The first-order chi connectivity index (χ1) is 16.5. The van der Waals surface area contributed by atoms with Crippen LogP contribution in [0.5, 0.6) is 5.75 Å². The van der Waals surface area contributed by atoms with Gasteiger partial charge in [-0.3, -0.25) is 4.79 Å². The van der Waals surface area contributed by atoms with Crippen molar-refractivity contribution in [2.75, 3.05) is 31.7 Å². The molecule has 0 spiro atoms. The first-order valence-corrected chi connectivity index (χ1v) is 12.7. The second-order valence-corrected chi connectivity index (χ2v) is 9.76. The van der Waals surface area contributed by atoms with E-state index >= 15 is 0 Å². The number of amides is 1. The number of carbonyl (C=O) groups excluding carboxylic acids is 1. The summed E-state index contributed by atoms with van der Waals surface area (Å²) in [5, 5.41) is 0. The lowest BCUT2D eigenvalue weighted by atomic mass is 10.1. The molecule has 0 saturated heterocycles. The highest BCUT2D eigenvalue weighted by Crippen LogP contribution is 2.35. The van der Waals surface area contributed by atoms with E-state index in [9.17, 15) is 26.4 Å². The van der Waals surface area contributed by atoms with Crippen molar-refractivity contribution in [2.24, 2.45) is 0 Å². The molecule has 0 atom stereocenters. The summed E-state index contributed by atoms with van der Waals surface area (Å²) in [5.41, 5.74) is 0.0198. The fourth-order valence-corrected chi connectivity index (χ4v) is 4.73. The van der Waals surface area contributed by atoms with Crippen molar-refractivity contribution >= 4 is 21.7 Å². The summed E-state index contributed by atoms with van der Waals surface area (Å²) in [4.78, 5) is 15.5. The standard InChI is InChI=1S/C24H29F3N2O5S/c1-4-28(5-2)20-10-9-17(15-29(19-11-12-19)23(30)16-33-3)22(14-20)34-35(31,32)21-8-6-7-18(13-21)24(25,26)27/h6-10,13-14,19H,4-5,11-12,15-16H2,1-3H3. The van der Waals surface area contributed by atoms with Crippen LogP contribution in [-0.4, -0.2) is 52.1 Å². The molecule has 192 valence electrons. The van der Waals surface area contributed by atoms with Crippen LogP contribution < -0.4 is 9.08 Å². The van der Waals surface area contributed by atoms with Gasteiger partial charge in [-0.2, -0.15) is 21.6 Å². The fourth-order valence-electron chi connectivity index (χ4n) is 3.73. The molecule has 0 radical (unpaired) electrons. The van der Waals surface area contributed by atoms with Crippen LogP contribution in [0.15, 0.2) is 47.4 Å². The van der Waals surface area contributed by atoms with Crippen LogP contribution >= 0.6 is 0 Å². The lowest BCUT2D eigenvalue weighted by molar-refractivity contribution is -0.138. The number of hydrogen-bond donors (Lipinski definition) is 0. The maximum atomic E-state index is 13.1.